The van der Waals surface area contributed by atoms with Gasteiger partial charge in [-0.15, -0.1) is 5.10 Å². The van der Waals surface area contributed by atoms with Crippen molar-refractivity contribution in [1.82, 2.24) is 20.3 Å². The monoisotopic (exact) mass is 470 g/mol. The number of rotatable bonds is 6. The molecule has 0 fully saturated rings. The van der Waals surface area contributed by atoms with Gasteiger partial charge in [0, 0.05) is 22.2 Å². The number of hydrogen-bond acceptors (Lipinski definition) is 3. The Bertz CT molecular complexity index is 1030. The van der Waals surface area contributed by atoms with Gasteiger partial charge >= 0.3 is 0 Å². The molecule has 1 amide bonds. The van der Waals surface area contributed by atoms with Crippen molar-refractivity contribution >= 4 is 52.3 Å². The first-order valence-corrected chi connectivity index (χ1v) is 10.3. The molecule has 0 spiro atoms. The van der Waals surface area contributed by atoms with Gasteiger partial charge in [0.1, 0.15) is 5.69 Å². The molecule has 1 N–H and O–H groups in total. The highest BCUT2D eigenvalue weighted by Gasteiger charge is 2.27. The van der Waals surface area contributed by atoms with Crippen LogP contribution in [0.3, 0.4) is 0 Å². The predicted molar refractivity (Wildman–Crippen MR) is 117 cm³/mol. The van der Waals surface area contributed by atoms with Crippen LogP contribution in [0, 0.1) is 0 Å². The van der Waals surface area contributed by atoms with Crippen LogP contribution in [0.1, 0.15) is 35.5 Å². The number of benzene rings is 2. The summed E-state index contributed by atoms with van der Waals surface area (Å²) in [6.45, 7) is 4.31. The average Bonchev–Trinajstić information content (AvgIpc) is 3.11. The Morgan fingerprint density at radius 2 is 1.72 bits per heavy atom. The molecule has 9 heteroatoms. The van der Waals surface area contributed by atoms with Gasteiger partial charge in [-0.1, -0.05) is 57.7 Å². The van der Waals surface area contributed by atoms with Crippen molar-refractivity contribution in [3.05, 3.63) is 79.5 Å². The second kappa shape index (κ2) is 8.92. The van der Waals surface area contributed by atoms with Gasteiger partial charge in [-0.3, -0.25) is 9.48 Å². The third-order valence-electron chi connectivity index (χ3n) is 4.34. The van der Waals surface area contributed by atoms with Gasteiger partial charge in [-0.25, -0.2) is 0 Å². The zero-order valence-corrected chi connectivity index (χ0v) is 18.7. The van der Waals surface area contributed by atoms with Crippen LogP contribution >= 0.6 is 46.4 Å². The van der Waals surface area contributed by atoms with Gasteiger partial charge in [0.05, 0.1) is 21.8 Å². The van der Waals surface area contributed by atoms with Crippen LogP contribution in [0.5, 0.6) is 0 Å². The van der Waals surface area contributed by atoms with Crippen LogP contribution in [0.25, 0.3) is 0 Å². The Labute approximate surface area is 188 Å². The minimum Gasteiger partial charge on any atom is -0.341 e. The lowest BCUT2D eigenvalue weighted by atomic mass is 10.0. The summed E-state index contributed by atoms with van der Waals surface area (Å²) in [6, 6.07) is 10.2. The van der Waals surface area contributed by atoms with Crippen molar-refractivity contribution < 1.29 is 4.79 Å². The minimum absolute atomic E-state index is 0.301. The SMILES string of the molecule is CC(C)(NC(=O)c1cc(Cl)cc(Cl)c1)c1cn(CCc2ccc(Cl)c(Cl)c2)nn1. The summed E-state index contributed by atoms with van der Waals surface area (Å²) >= 11 is 24.0. The molecule has 5 nitrogen and oxygen atoms in total. The Kier molecular flexibility index (Phi) is 6.74. The van der Waals surface area contributed by atoms with Crippen LogP contribution in [-0.4, -0.2) is 20.9 Å². The van der Waals surface area contributed by atoms with Gasteiger partial charge in [0.25, 0.3) is 5.91 Å². The van der Waals surface area contributed by atoms with E-state index in [1.54, 1.807) is 28.9 Å². The van der Waals surface area contributed by atoms with Crippen LogP contribution in [-0.2, 0) is 18.5 Å². The molecule has 0 atom stereocenters. The van der Waals surface area contributed by atoms with Crippen molar-refractivity contribution in [2.45, 2.75) is 32.4 Å². The fourth-order valence-electron chi connectivity index (χ4n) is 2.74. The number of amides is 1. The first-order valence-electron chi connectivity index (χ1n) is 8.77. The number of aromatic nitrogens is 3. The van der Waals surface area contributed by atoms with E-state index in [2.05, 4.69) is 15.6 Å². The number of carbonyl (C=O) groups is 1. The van der Waals surface area contributed by atoms with Crippen molar-refractivity contribution in [2.24, 2.45) is 0 Å². The topological polar surface area (TPSA) is 59.8 Å². The quantitative estimate of drug-likeness (QED) is 0.494. The number of nitrogens with one attached hydrogen (secondary N) is 1. The highest BCUT2D eigenvalue weighted by atomic mass is 35.5. The largest absolute Gasteiger partial charge is 0.341 e. The lowest BCUT2D eigenvalue weighted by Gasteiger charge is -2.23. The number of nitrogens with zero attached hydrogens (tertiary/aromatic N) is 3. The first-order chi connectivity index (χ1) is 13.6. The second-order valence-electron chi connectivity index (χ2n) is 7.10. The van der Waals surface area contributed by atoms with Crippen LogP contribution in [0.2, 0.25) is 20.1 Å². The predicted octanol–water partition coefficient (Wildman–Crippen LogP) is 5.80. The molecule has 152 valence electrons. The number of hydrogen-bond donors (Lipinski definition) is 1. The molecule has 0 saturated carbocycles. The lowest BCUT2D eigenvalue weighted by molar-refractivity contribution is 0.0910. The summed E-state index contributed by atoms with van der Waals surface area (Å²) in [6.07, 6.45) is 2.52. The van der Waals surface area contributed by atoms with Crippen molar-refractivity contribution in [1.29, 1.82) is 0 Å². The number of halogens is 4. The summed E-state index contributed by atoms with van der Waals surface area (Å²) in [4.78, 5) is 12.6. The molecule has 1 heterocycles. The van der Waals surface area contributed by atoms with E-state index in [-0.39, 0.29) is 5.91 Å². The van der Waals surface area contributed by atoms with Gasteiger partial charge in [-0.05, 0) is 56.2 Å². The fraction of sp³-hybridized carbons (Fsp3) is 0.250. The molecule has 2 aromatic carbocycles. The number of aryl methyl sites for hydroxylation is 2. The van der Waals surface area contributed by atoms with Gasteiger partial charge in [-0.2, -0.15) is 0 Å². The van der Waals surface area contributed by atoms with E-state index in [0.717, 1.165) is 5.56 Å². The van der Waals surface area contributed by atoms with Crippen molar-refractivity contribution in [3.8, 4) is 0 Å². The van der Waals surface area contributed by atoms with E-state index in [9.17, 15) is 4.79 Å². The summed E-state index contributed by atoms with van der Waals surface area (Å²) in [5, 5.41) is 13.2. The van der Waals surface area contributed by atoms with E-state index >= 15 is 0 Å². The fourth-order valence-corrected chi connectivity index (χ4v) is 3.58. The summed E-state index contributed by atoms with van der Waals surface area (Å²) in [5.41, 5.74) is 1.31. The molecule has 0 aliphatic carbocycles. The Balaban J connectivity index is 1.67. The van der Waals surface area contributed by atoms with E-state index in [4.69, 9.17) is 46.4 Å². The maximum atomic E-state index is 12.6. The van der Waals surface area contributed by atoms with E-state index in [1.807, 2.05) is 32.2 Å². The first kappa shape index (κ1) is 21.9. The van der Waals surface area contributed by atoms with Crippen molar-refractivity contribution in [3.63, 3.8) is 0 Å². The smallest absolute Gasteiger partial charge is 0.252 e. The Morgan fingerprint density at radius 1 is 1.03 bits per heavy atom. The average molecular weight is 472 g/mol. The zero-order chi connectivity index (χ0) is 21.2. The third-order valence-corrected chi connectivity index (χ3v) is 5.52. The normalized spacial score (nSPS) is 11.5. The van der Waals surface area contributed by atoms with Crippen LogP contribution < -0.4 is 5.32 Å². The molecule has 1 aromatic heterocycles. The Hall–Kier alpha value is -1.79. The van der Waals surface area contributed by atoms with Crippen LogP contribution in [0.4, 0.5) is 0 Å². The molecule has 3 aromatic rings. The molecule has 0 saturated heterocycles. The zero-order valence-electron chi connectivity index (χ0n) is 15.7. The third kappa shape index (κ3) is 5.64. The minimum atomic E-state index is -0.742. The summed E-state index contributed by atoms with van der Waals surface area (Å²) in [5.74, 6) is -0.301. The molecule has 29 heavy (non-hydrogen) atoms. The van der Waals surface area contributed by atoms with Gasteiger partial charge < -0.3 is 5.32 Å². The molecule has 0 radical (unpaired) electrons. The molecular formula is C20H18Cl4N4O. The molecule has 0 bridgehead atoms. The maximum absolute atomic E-state index is 12.6. The van der Waals surface area contributed by atoms with Crippen molar-refractivity contribution in [2.75, 3.05) is 0 Å². The van der Waals surface area contributed by atoms with E-state index in [0.29, 0.717) is 44.3 Å². The maximum Gasteiger partial charge on any atom is 0.252 e. The van der Waals surface area contributed by atoms with E-state index in [1.165, 1.54) is 0 Å². The summed E-state index contributed by atoms with van der Waals surface area (Å²) in [7, 11) is 0. The molecule has 0 unspecified atom stereocenters. The highest BCUT2D eigenvalue weighted by Crippen LogP contribution is 2.24. The standard InChI is InChI=1S/C20H18Cl4N4O/c1-20(2,25-19(29)13-8-14(21)10-15(22)9-13)18-11-28(27-26-18)6-5-12-3-4-16(23)17(24)7-12/h3-4,7-11H,5-6H2,1-2H3,(H,25,29). The highest BCUT2D eigenvalue weighted by molar-refractivity contribution is 6.42. The second-order valence-corrected chi connectivity index (χ2v) is 8.79. The molecule has 0 aliphatic heterocycles. The van der Waals surface area contributed by atoms with Gasteiger partial charge in [0.15, 0.2) is 0 Å². The van der Waals surface area contributed by atoms with E-state index < -0.39 is 5.54 Å². The Morgan fingerprint density at radius 3 is 2.38 bits per heavy atom. The van der Waals surface area contributed by atoms with Gasteiger partial charge in [0.2, 0.25) is 0 Å². The summed E-state index contributed by atoms with van der Waals surface area (Å²) < 4.78 is 1.72. The number of carbonyl (C=O) groups excluding carboxylic acids is 1. The molecule has 3 rings (SSSR count). The molecule has 0 aliphatic rings. The molecular weight excluding hydrogens is 454 g/mol. The lowest BCUT2D eigenvalue weighted by Crippen LogP contribution is -2.41. The van der Waals surface area contributed by atoms with Crippen LogP contribution in [0.15, 0.2) is 42.6 Å².